The number of nitrogens with zero attached hydrogens (tertiary/aromatic N) is 2. The Hall–Kier alpha value is -3.72. The quantitative estimate of drug-likeness (QED) is 0.254. The molecule has 0 radical (unpaired) electrons. The first-order valence-electron chi connectivity index (χ1n) is 11.1. The van der Waals surface area contributed by atoms with Crippen molar-refractivity contribution in [3.05, 3.63) is 82.9 Å². The van der Waals surface area contributed by atoms with Gasteiger partial charge < -0.3 is 19.4 Å². The van der Waals surface area contributed by atoms with Crippen molar-refractivity contribution in [1.29, 1.82) is 0 Å². The van der Waals surface area contributed by atoms with Crippen LogP contribution in [0.25, 0.3) is 11.0 Å². The number of anilines is 2. The van der Waals surface area contributed by atoms with Gasteiger partial charge in [0, 0.05) is 17.1 Å². The highest BCUT2D eigenvalue weighted by atomic mass is 35.5. The fourth-order valence-electron chi connectivity index (χ4n) is 3.89. The highest BCUT2D eigenvalue weighted by Crippen LogP contribution is 2.32. The lowest BCUT2D eigenvalue weighted by Crippen LogP contribution is -2.17. The summed E-state index contributed by atoms with van der Waals surface area (Å²) in [6.45, 7) is 2.01. The first-order chi connectivity index (χ1) is 17.1. The van der Waals surface area contributed by atoms with Gasteiger partial charge in [0.15, 0.2) is 0 Å². The summed E-state index contributed by atoms with van der Waals surface area (Å²) in [5, 5.41) is 3.83. The number of methoxy groups -OCH3 is 1. The zero-order valence-electron chi connectivity index (χ0n) is 19.5. The lowest BCUT2D eigenvalue weighted by molar-refractivity contribution is -0.274. The lowest BCUT2D eigenvalue weighted by atomic mass is 10.1. The van der Waals surface area contributed by atoms with Crippen LogP contribution in [0.2, 0.25) is 5.02 Å². The van der Waals surface area contributed by atoms with Crippen molar-refractivity contribution in [3.63, 3.8) is 0 Å². The van der Waals surface area contributed by atoms with Crippen LogP contribution in [-0.2, 0) is 16.0 Å². The van der Waals surface area contributed by atoms with Crippen LogP contribution in [0.15, 0.2) is 66.7 Å². The number of fused-ring (bicyclic) bond motifs is 1. The van der Waals surface area contributed by atoms with Gasteiger partial charge in [0.2, 0.25) is 5.95 Å². The molecule has 1 N–H and O–H groups in total. The van der Waals surface area contributed by atoms with E-state index in [0.29, 0.717) is 28.6 Å². The van der Waals surface area contributed by atoms with Crippen LogP contribution in [0.4, 0.5) is 24.8 Å². The third kappa shape index (κ3) is 6.09. The van der Waals surface area contributed by atoms with E-state index in [4.69, 9.17) is 21.3 Å². The highest BCUT2D eigenvalue weighted by Gasteiger charge is 2.31. The van der Waals surface area contributed by atoms with Crippen molar-refractivity contribution in [2.75, 3.05) is 12.4 Å². The molecule has 1 heterocycles. The van der Waals surface area contributed by atoms with Gasteiger partial charge in [-0.05, 0) is 73.0 Å². The van der Waals surface area contributed by atoms with Gasteiger partial charge in [-0.1, -0.05) is 29.8 Å². The summed E-state index contributed by atoms with van der Waals surface area (Å²) >= 11 is 6.06. The maximum absolute atomic E-state index is 12.5. The molecule has 1 atom stereocenters. The number of benzene rings is 3. The van der Waals surface area contributed by atoms with E-state index in [9.17, 15) is 18.0 Å². The minimum absolute atomic E-state index is 0.150. The van der Waals surface area contributed by atoms with Crippen molar-refractivity contribution in [2.45, 2.75) is 32.2 Å². The first kappa shape index (κ1) is 25.4. The van der Waals surface area contributed by atoms with Gasteiger partial charge in [-0.15, -0.1) is 13.2 Å². The van der Waals surface area contributed by atoms with Gasteiger partial charge in [0.05, 0.1) is 24.2 Å². The number of hydrogen-bond donors (Lipinski definition) is 1. The molecule has 3 aromatic carbocycles. The molecule has 0 aliphatic rings. The Morgan fingerprint density at radius 2 is 1.78 bits per heavy atom. The Morgan fingerprint density at radius 1 is 1.08 bits per heavy atom. The van der Waals surface area contributed by atoms with Crippen LogP contribution < -0.4 is 10.1 Å². The number of esters is 1. The largest absolute Gasteiger partial charge is 0.573 e. The standard InChI is InChI=1S/C26H23ClF3N3O3/c1-16(18-5-7-19(27)8-6-18)33-23-13-3-17(4-14-24(34)35-2)15-22(23)32-25(33)31-20-9-11-21(12-10-20)36-26(28,29)30/h3,5-13,15-16H,4,14H2,1-2H3,(H,31,32)/t16-/m1/s1. The fourth-order valence-corrected chi connectivity index (χ4v) is 4.01. The van der Waals surface area contributed by atoms with E-state index < -0.39 is 6.36 Å². The summed E-state index contributed by atoms with van der Waals surface area (Å²) in [6, 6.07) is 18.5. The van der Waals surface area contributed by atoms with E-state index in [0.717, 1.165) is 16.6 Å². The highest BCUT2D eigenvalue weighted by molar-refractivity contribution is 6.30. The number of nitrogens with one attached hydrogen (secondary N) is 1. The van der Waals surface area contributed by atoms with Gasteiger partial charge in [0.1, 0.15) is 5.75 Å². The summed E-state index contributed by atoms with van der Waals surface area (Å²) in [4.78, 5) is 16.3. The molecule has 0 saturated heterocycles. The SMILES string of the molecule is COC(=O)CCc1ccc2c(c1)nc(Nc1ccc(OC(F)(F)F)cc1)n2[C@H](C)c1ccc(Cl)cc1. The lowest BCUT2D eigenvalue weighted by Gasteiger charge is -2.19. The Balaban J connectivity index is 1.70. The zero-order chi connectivity index (χ0) is 25.9. The van der Waals surface area contributed by atoms with Crippen LogP contribution in [0.5, 0.6) is 5.75 Å². The van der Waals surface area contributed by atoms with E-state index in [-0.39, 0.29) is 24.2 Å². The maximum atomic E-state index is 12.5. The molecule has 188 valence electrons. The average molecular weight is 518 g/mol. The Labute approximate surface area is 210 Å². The molecule has 0 amide bonds. The van der Waals surface area contributed by atoms with Crippen molar-refractivity contribution in [2.24, 2.45) is 0 Å². The summed E-state index contributed by atoms with van der Waals surface area (Å²) in [6.07, 6.45) is -4.00. The molecule has 4 aromatic rings. The predicted octanol–water partition coefficient (Wildman–Crippen LogP) is 7.05. The number of imidazole rings is 1. The molecular formula is C26H23ClF3N3O3. The Kier molecular flexibility index (Phi) is 7.40. The van der Waals surface area contributed by atoms with E-state index in [1.54, 1.807) is 0 Å². The fraction of sp³-hybridized carbons (Fsp3) is 0.231. The van der Waals surface area contributed by atoms with Gasteiger partial charge in [-0.2, -0.15) is 0 Å². The number of hydrogen-bond acceptors (Lipinski definition) is 5. The van der Waals surface area contributed by atoms with Crippen LogP contribution in [0.3, 0.4) is 0 Å². The summed E-state index contributed by atoms with van der Waals surface area (Å²) in [5.74, 6) is -0.106. The van der Waals surface area contributed by atoms with Crippen molar-refractivity contribution >= 4 is 40.2 Å². The second-order valence-electron chi connectivity index (χ2n) is 8.13. The summed E-state index contributed by atoms with van der Waals surface area (Å²) in [7, 11) is 1.35. The molecular weight excluding hydrogens is 495 g/mol. The Bertz CT molecular complexity index is 1350. The second-order valence-corrected chi connectivity index (χ2v) is 8.57. The summed E-state index contributed by atoms with van der Waals surface area (Å²) < 4.78 is 48.2. The monoisotopic (exact) mass is 517 g/mol. The minimum Gasteiger partial charge on any atom is -0.469 e. The molecule has 1 aromatic heterocycles. The van der Waals surface area contributed by atoms with Crippen LogP contribution in [0, 0.1) is 0 Å². The second kappa shape index (κ2) is 10.5. The number of carbonyl (C=O) groups is 1. The molecule has 6 nitrogen and oxygen atoms in total. The smallest absolute Gasteiger partial charge is 0.469 e. The number of rotatable bonds is 8. The van der Waals surface area contributed by atoms with Gasteiger partial charge in [-0.3, -0.25) is 4.79 Å². The molecule has 0 aliphatic heterocycles. The van der Waals surface area contributed by atoms with Gasteiger partial charge in [-0.25, -0.2) is 4.98 Å². The number of alkyl halides is 3. The molecule has 4 rings (SSSR count). The number of halogens is 4. The van der Waals surface area contributed by atoms with E-state index in [1.165, 1.54) is 31.4 Å². The topological polar surface area (TPSA) is 65.4 Å². The normalized spacial score (nSPS) is 12.4. The molecule has 0 spiro atoms. The third-order valence-corrected chi connectivity index (χ3v) is 5.94. The molecule has 0 fully saturated rings. The van der Waals surface area contributed by atoms with Crippen LogP contribution in [-0.4, -0.2) is 29.0 Å². The molecule has 0 saturated carbocycles. The van der Waals surface area contributed by atoms with Crippen molar-refractivity contribution in [1.82, 2.24) is 9.55 Å². The zero-order valence-corrected chi connectivity index (χ0v) is 20.2. The number of carbonyl (C=O) groups excluding carboxylic acids is 1. The van der Waals surface area contributed by atoms with Crippen LogP contribution in [0.1, 0.15) is 30.5 Å². The van der Waals surface area contributed by atoms with E-state index >= 15 is 0 Å². The van der Waals surface area contributed by atoms with E-state index in [1.807, 2.05) is 54.0 Å². The van der Waals surface area contributed by atoms with Crippen molar-refractivity contribution < 1.29 is 27.4 Å². The number of ether oxygens (including phenoxy) is 2. The number of aryl methyl sites for hydroxylation is 1. The first-order valence-corrected chi connectivity index (χ1v) is 11.5. The van der Waals surface area contributed by atoms with Gasteiger partial charge >= 0.3 is 12.3 Å². The van der Waals surface area contributed by atoms with Gasteiger partial charge in [0.25, 0.3) is 0 Å². The number of aromatic nitrogens is 2. The van der Waals surface area contributed by atoms with Crippen molar-refractivity contribution in [3.8, 4) is 5.75 Å². The summed E-state index contributed by atoms with van der Waals surface area (Å²) in [5.41, 5.74) is 4.01. The van der Waals surface area contributed by atoms with Crippen LogP contribution >= 0.6 is 11.6 Å². The third-order valence-electron chi connectivity index (χ3n) is 5.68. The average Bonchev–Trinajstić information content (AvgIpc) is 3.19. The molecule has 0 aliphatic carbocycles. The predicted molar refractivity (Wildman–Crippen MR) is 132 cm³/mol. The van der Waals surface area contributed by atoms with E-state index in [2.05, 4.69) is 10.1 Å². The maximum Gasteiger partial charge on any atom is 0.573 e. The molecule has 0 unspecified atom stereocenters. The minimum atomic E-state index is -4.76. The molecule has 0 bridgehead atoms. The molecule has 10 heteroatoms. The molecule has 36 heavy (non-hydrogen) atoms. The Morgan fingerprint density at radius 3 is 2.42 bits per heavy atom.